The summed E-state index contributed by atoms with van der Waals surface area (Å²) in [5.74, 6) is -0.682. The van der Waals surface area contributed by atoms with Gasteiger partial charge in [0.05, 0.1) is 7.11 Å². The maximum absolute atomic E-state index is 13.9. The lowest BCUT2D eigenvalue weighted by Crippen LogP contribution is -2.49. The fourth-order valence-electron chi connectivity index (χ4n) is 3.02. The van der Waals surface area contributed by atoms with Crippen LogP contribution in [0.5, 0.6) is 11.5 Å². The second kappa shape index (κ2) is 8.85. The summed E-state index contributed by atoms with van der Waals surface area (Å²) < 4.78 is 64.8. The van der Waals surface area contributed by atoms with Crippen LogP contribution in [0.4, 0.5) is 8.78 Å². The van der Waals surface area contributed by atoms with Crippen LogP contribution >= 0.6 is 0 Å². The number of halogens is 2. The molecule has 0 unspecified atom stereocenters. The highest BCUT2D eigenvalue weighted by Crippen LogP contribution is 2.23. The standard InChI is InChI=1S/C19H22F2N2O4S/c1-26-15-5-7-16(8-6-15)27-14-13-22-9-11-23(12-10-22)28(24,25)19-17(20)3-2-4-18(19)21/h2-8H,9-14H2,1H3. The van der Waals surface area contributed by atoms with Gasteiger partial charge in [-0.15, -0.1) is 0 Å². The van der Waals surface area contributed by atoms with Crippen LogP contribution in [0, 0.1) is 11.6 Å². The van der Waals surface area contributed by atoms with Crippen molar-refractivity contribution in [3.05, 3.63) is 54.1 Å². The average Bonchev–Trinajstić information content (AvgIpc) is 2.68. The van der Waals surface area contributed by atoms with Gasteiger partial charge < -0.3 is 9.47 Å². The number of hydrogen-bond acceptors (Lipinski definition) is 5. The van der Waals surface area contributed by atoms with E-state index in [1.807, 2.05) is 17.0 Å². The van der Waals surface area contributed by atoms with Crippen molar-refractivity contribution in [2.45, 2.75) is 4.90 Å². The Labute approximate surface area is 163 Å². The number of hydrogen-bond donors (Lipinski definition) is 0. The van der Waals surface area contributed by atoms with E-state index in [9.17, 15) is 17.2 Å². The SMILES string of the molecule is COc1ccc(OCCN2CCN(S(=O)(=O)c3c(F)cccc3F)CC2)cc1. The van der Waals surface area contributed by atoms with Gasteiger partial charge in [-0.2, -0.15) is 4.31 Å². The molecule has 152 valence electrons. The normalized spacial score (nSPS) is 16.1. The van der Waals surface area contributed by atoms with Crippen LogP contribution in [-0.4, -0.2) is 64.1 Å². The molecule has 1 heterocycles. The van der Waals surface area contributed by atoms with Gasteiger partial charge in [0.25, 0.3) is 0 Å². The molecular weight excluding hydrogens is 390 g/mol. The number of ether oxygens (including phenoxy) is 2. The highest BCUT2D eigenvalue weighted by Gasteiger charge is 2.32. The van der Waals surface area contributed by atoms with Crippen molar-refractivity contribution in [1.29, 1.82) is 0 Å². The summed E-state index contributed by atoms with van der Waals surface area (Å²) in [5.41, 5.74) is 0. The van der Waals surface area contributed by atoms with Crippen molar-refractivity contribution in [2.75, 3.05) is 46.4 Å². The van der Waals surface area contributed by atoms with E-state index in [0.29, 0.717) is 26.2 Å². The lowest BCUT2D eigenvalue weighted by Gasteiger charge is -2.33. The summed E-state index contributed by atoms with van der Waals surface area (Å²) in [4.78, 5) is 1.17. The minimum atomic E-state index is -4.20. The molecule has 2 aromatic carbocycles. The largest absolute Gasteiger partial charge is 0.497 e. The van der Waals surface area contributed by atoms with E-state index in [2.05, 4.69) is 0 Å². The van der Waals surface area contributed by atoms with E-state index in [0.717, 1.165) is 34.0 Å². The topological polar surface area (TPSA) is 59.1 Å². The molecule has 3 rings (SSSR count). The highest BCUT2D eigenvalue weighted by molar-refractivity contribution is 7.89. The van der Waals surface area contributed by atoms with Gasteiger partial charge in [0.2, 0.25) is 10.0 Å². The highest BCUT2D eigenvalue weighted by atomic mass is 32.2. The molecule has 0 spiro atoms. The van der Waals surface area contributed by atoms with E-state index < -0.39 is 26.6 Å². The molecule has 0 aromatic heterocycles. The number of sulfonamides is 1. The van der Waals surface area contributed by atoms with Crippen LogP contribution in [0.2, 0.25) is 0 Å². The van der Waals surface area contributed by atoms with Gasteiger partial charge in [-0.05, 0) is 36.4 Å². The number of piperazine rings is 1. The van der Waals surface area contributed by atoms with Gasteiger partial charge in [-0.25, -0.2) is 17.2 Å². The van der Waals surface area contributed by atoms with Gasteiger partial charge in [-0.3, -0.25) is 4.90 Å². The molecule has 9 heteroatoms. The Morgan fingerprint density at radius 1 is 0.929 bits per heavy atom. The molecule has 6 nitrogen and oxygen atoms in total. The van der Waals surface area contributed by atoms with Crippen molar-refractivity contribution in [3.63, 3.8) is 0 Å². The summed E-state index contributed by atoms with van der Waals surface area (Å²) in [6.45, 7) is 2.31. The molecule has 2 aromatic rings. The van der Waals surface area contributed by atoms with Gasteiger partial charge in [0.1, 0.15) is 29.7 Å². The maximum Gasteiger partial charge on any atom is 0.249 e. The molecule has 0 radical (unpaired) electrons. The van der Waals surface area contributed by atoms with E-state index in [1.54, 1.807) is 19.2 Å². The van der Waals surface area contributed by atoms with Gasteiger partial charge >= 0.3 is 0 Å². The Bertz CT molecular complexity index is 878. The second-order valence-electron chi connectivity index (χ2n) is 6.32. The Morgan fingerprint density at radius 3 is 2.07 bits per heavy atom. The van der Waals surface area contributed by atoms with Crippen LogP contribution < -0.4 is 9.47 Å². The van der Waals surface area contributed by atoms with Crippen LogP contribution in [0.1, 0.15) is 0 Å². The number of nitrogens with zero attached hydrogens (tertiary/aromatic N) is 2. The second-order valence-corrected chi connectivity index (χ2v) is 8.20. The quantitative estimate of drug-likeness (QED) is 0.699. The number of methoxy groups -OCH3 is 1. The third kappa shape index (κ3) is 4.60. The monoisotopic (exact) mass is 412 g/mol. The summed E-state index contributed by atoms with van der Waals surface area (Å²) in [6, 6.07) is 10.3. The molecule has 0 atom stereocenters. The third-order valence-electron chi connectivity index (χ3n) is 4.58. The molecule has 28 heavy (non-hydrogen) atoms. The molecule has 0 saturated carbocycles. The first-order chi connectivity index (χ1) is 13.4. The summed E-state index contributed by atoms with van der Waals surface area (Å²) in [5, 5.41) is 0. The molecule has 0 aliphatic carbocycles. The Hall–Kier alpha value is -2.23. The molecular formula is C19H22F2N2O4S. The van der Waals surface area contributed by atoms with Crippen molar-refractivity contribution >= 4 is 10.0 Å². The molecule has 0 N–H and O–H groups in total. The maximum atomic E-state index is 13.9. The van der Waals surface area contributed by atoms with Crippen LogP contribution in [0.15, 0.2) is 47.4 Å². The van der Waals surface area contributed by atoms with Gasteiger partial charge in [0.15, 0.2) is 4.90 Å². The molecule has 1 saturated heterocycles. The number of benzene rings is 2. The zero-order valence-corrected chi connectivity index (χ0v) is 16.3. The van der Waals surface area contributed by atoms with Crippen molar-refractivity contribution < 1.29 is 26.7 Å². The van der Waals surface area contributed by atoms with E-state index in [4.69, 9.17) is 9.47 Å². The lowest BCUT2D eigenvalue weighted by molar-refractivity contribution is 0.158. The fraction of sp³-hybridized carbons (Fsp3) is 0.368. The Balaban J connectivity index is 1.51. The molecule has 1 fully saturated rings. The minimum absolute atomic E-state index is 0.165. The third-order valence-corrected chi connectivity index (χ3v) is 6.53. The minimum Gasteiger partial charge on any atom is -0.497 e. The molecule has 0 bridgehead atoms. The van der Waals surface area contributed by atoms with Crippen LogP contribution in [-0.2, 0) is 10.0 Å². The summed E-state index contributed by atoms with van der Waals surface area (Å²) in [6.07, 6.45) is 0. The van der Waals surface area contributed by atoms with E-state index in [1.165, 1.54) is 0 Å². The van der Waals surface area contributed by atoms with Crippen molar-refractivity contribution in [3.8, 4) is 11.5 Å². The fourth-order valence-corrected chi connectivity index (χ4v) is 4.55. The van der Waals surface area contributed by atoms with Crippen molar-refractivity contribution in [2.24, 2.45) is 0 Å². The smallest absolute Gasteiger partial charge is 0.249 e. The molecule has 1 aliphatic rings. The molecule has 0 amide bonds. The lowest BCUT2D eigenvalue weighted by atomic mass is 10.3. The first-order valence-corrected chi connectivity index (χ1v) is 10.3. The summed E-state index contributed by atoms with van der Waals surface area (Å²) >= 11 is 0. The Morgan fingerprint density at radius 2 is 1.50 bits per heavy atom. The summed E-state index contributed by atoms with van der Waals surface area (Å²) in [7, 11) is -2.61. The zero-order chi connectivity index (χ0) is 20.1. The van der Waals surface area contributed by atoms with Crippen LogP contribution in [0.3, 0.4) is 0 Å². The first kappa shape index (κ1) is 20.5. The number of rotatable bonds is 7. The zero-order valence-electron chi connectivity index (χ0n) is 15.5. The average molecular weight is 412 g/mol. The predicted octanol–water partition coefficient (Wildman–Crippen LogP) is 2.36. The van der Waals surface area contributed by atoms with Gasteiger partial charge in [0, 0.05) is 32.7 Å². The van der Waals surface area contributed by atoms with Gasteiger partial charge in [-0.1, -0.05) is 6.07 Å². The Kier molecular flexibility index (Phi) is 6.48. The van der Waals surface area contributed by atoms with E-state index in [-0.39, 0.29) is 13.1 Å². The van der Waals surface area contributed by atoms with Crippen LogP contribution in [0.25, 0.3) is 0 Å². The predicted molar refractivity (Wildman–Crippen MR) is 100 cm³/mol. The first-order valence-electron chi connectivity index (χ1n) is 8.85. The van der Waals surface area contributed by atoms with E-state index >= 15 is 0 Å². The molecule has 1 aliphatic heterocycles. The van der Waals surface area contributed by atoms with Crippen molar-refractivity contribution in [1.82, 2.24) is 9.21 Å².